The molecule has 778 valence electrons. The number of ketones is 1. The maximum Gasteiger partial charge on any atom is 0.396 e. The van der Waals surface area contributed by atoms with Gasteiger partial charge in [0.15, 0.2) is 11.6 Å². The number of esters is 4. The number of pyridine rings is 7. The zero-order chi connectivity index (χ0) is 106. The van der Waals surface area contributed by atoms with Crippen molar-refractivity contribution < 1.29 is 134 Å². The van der Waals surface area contributed by atoms with Crippen LogP contribution in [-0.2, 0) is 95.2 Å². The molecule has 0 unspecified atom stereocenters. The minimum Gasteiger partial charge on any atom is -0.464 e. The second kappa shape index (κ2) is 46.3. The van der Waals surface area contributed by atoms with E-state index in [1.54, 1.807) is 81.6 Å². The SMILES string of the molecule is CO.COC(=O)C(=O)CNC(=O)C(F)(F)c1cn2cc(C3CC3)ccc2n1.COC(=O)C(=O)Cl.COC(=O)C(F)(F)c1cn2cc(C3CC3)ccc2n1.COC(=O)c1nnc(C(F)(F)c2cn3cc(C4CC4)ccc3n2)o1.NCc1ncn2ccc(Cl)c(F)c12.NN.NNC(=O)C(F)(F)c1cn2cc(C3CC3)ccc2n1.O.O=C(NCc1ncn2ccc(Cl)c(F)c12)c1nnc(C(F)(F)c2cn3cc(C4CC4)ccc3n2)o1. The summed E-state index contributed by atoms with van der Waals surface area (Å²) in [6.07, 6.45) is 31.8. The summed E-state index contributed by atoms with van der Waals surface area (Å²) in [5, 5.41) is 23.3. The second-order valence-corrected chi connectivity index (χ2v) is 33.6. The molecule has 5 saturated carbocycles. The first-order valence-electron chi connectivity index (χ1n) is 43.3. The molecule has 5 aliphatic carbocycles. The summed E-state index contributed by atoms with van der Waals surface area (Å²) in [4.78, 5) is 126. The standard InChI is InChI=1S/C22H15ClF3N7O2.C16H15F2N3O4.C15H12F2N4O3.C13H12F2N2O2.C12H12F2N4O.C8H7ClFN3.C3H3ClO3.CH4O.H4N2.H2O/c23-13-5-6-32-10-28-14(18(32)17(13)24)7-27-19(34)20-30-31-21(35-20)22(25,26)15-9-33-8-12(11-1-2-11)3-4-16(33)29-15;1-25-14(23)11(22)6-19-15(24)16(17,18)12-8-21-7-10(9-2-3-9)4-5-13(21)20-12;1-23-13(22)12-19-20-14(24-12)15(16,17)10-7-21-6-9(8-2-3-8)4-5-11(21)18-10;1-19-12(18)13(14,15)10-7-17-6-9(8-2-3-8)4-5-11(17)16-10;13-12(14,11(19)17-15)9-6-18-5-8(7-1-2-7)3-4-10(18)16-9;9-5-1-2-13-4-12-6(3-11)8(13)7(5)10;1-7-3(6)2(4)5;2*1-2;/h3-6,8-11H,1-2,7H2,(H,27,34);4-5,7-9H,2-3,6H2,1H3,(H,19,24);4-8H,2-3H2,1H3;4-8H,2-3H2,1H3;3-7H,1-2,15H2,(H,17,19);1-2,4H,3,11H2;1H3;2H,1H3;1-2H2;1H2. The van der Waals surface area contributed by atoms with E-state index in [0.29, 0.717) is 63.4 Å². The smallest absolute Gasteiger partial charge is 0.396 e. The Hall–Kier alpha value is -15.5. The molecule has 16 heterocycles. The Kier molecular flexibility index (Phi) is 34.7. The minimum absolute atomic E-state index is 0. The number of imidazole rings is 7. The maximum absolute atomic E-state index is 15.1. The number of amides is 3. The number of aliphatic hydroxyl groups is 1. The zero-order valence-electron chi connectivity index (χ0n) is 77.2. The van der Waals surface area contributed by atoms with E-state index in [4.69, 9.17) is 48.7 Å². The number of hydrazine groups is 2. The lowest BCUT2D eigenvalue weighted by molar-refractivity contribution is -0.170. The lowest BCUT2D eigenvalue weighted by atomic mass is 10.2. The van der Waals surface area contributed by atoms with Gasteiger partial charge >= 0.3 is 82.3 Å². The highest BCUT2D eigenvalue weighted by atomic mass is 35.5. The molecule has 0 aromatic carbocycles. The molecule has 3 amide bonds. The molecule has 5 aliphatic rings. The summed E-state index contributed by atoms with van der Waals surface area (Å²) in [6.45, 7) is -0.898. The Bertz CT molecular complexity index is 7440. The van der Waals surface area contributed by atoms with Crippen molar-refractivity contribution in [2.75, 3.05) is 42.1 Å². The highest BCUT2D eigenvalue weighted by molar-refractivity contribution is 6.80. The first-order valence-corrected chi connectivity index (χ1v) is 44.5. The molecular formula is C90H86Cl3F12N25O17. The first-order chi connectivity index (χ1) is 69.6. The highest BCUT2D eigenvalue weighted by Crippen LogP contribution is 2.46. The van der Waals surface area contributed by atoms with Crippen LogP contribution in [0, 0.1) is 11.6 Å². The largest absolute Gasteiger partial charge is 0.464 e. The van der Waals surface area contributed by atoms with Gasteiger partial charge in [0.1, 0.15) is 67.7 Å². The van der Waals surface area contributed by atoms with Gasteiger partial charge in [0.05, 0.1) is 75.6 Å². The van der Waals surface area contributed by atoms with E-state index < -0.39 is 152 Å². The topological polar surface area (TPSA) is 581 Å². The summed E-state index contributed by atoms with van der Waals surface area (Å²) >= 11 is 16.0. The van der Waals surface area contributed by atoms with Crippen molar-refractivity contribution in [1.29, 1.82) is 0 Å². The molecule has 0 atom stereocenters. The fourth-order valence-electron chi connectivity index (χ4n) is 14.1. The third kappa shape index (κ3) is 25.2. The van der Waals surface area contributed by atoms with Crippen molar-refractivity contribution in [2.24, 2.45) is 23.3 Å². The molecule has 0 saturated heterocycles. The lowest BCUT2D eigenvalue weighted by Crippen LogP contribution is -2.42. The number of methoxy groups -OCH3 is 4. The van der Waals surface area contributed by atoms with Gasteiger partial charge in [0.2, 0.25) is 0 Å². The maximum atomic E-state index is 15.1. The van der Waals surface area contributed by atoms with Crippen molar-refractivity contribution in [3.63, 3.8) is 0 Å². The normalized spacial score (nSPS) is 13.7. The van der Waals surface area contributed by atoms with Gasteiger partial charge in [-0.15, -0.1) is 20.4 Å². The highest BCUT2D eigenvalue weighted by Gasteiger charge is 2.49. The van der Waals surface area contributed by atoms with Crippen molar-refractivity contribution >= 4 is 127 Å². The van der Waals surface area contributed by atoms with Crippen molar-refractivity contribution in [3.05, 3.63) is 273 Å². The van der Waals surface area contributed by atoms with Gasteiger partial charge in [-0.2, -0.15) is 43.9 Å². The summed E-state index contributed by atoms with van der Waals surface area (Å²) in [5.74, 6) is -18.3. The van der Waals surface area contributed by atoms with Crippen molar-refractivity contribution in [2.45, 2.75) is 136 Å². The number of alkyl halides is 10. The van der Waals surface area contributed by atoms with Crippen LogP contribution in [0.25, 0.3) is 39.3 Å². The molecule has 147 heavy (non-hydrogen) atoms. The molecule has 14 N–H and O–H groups in total. The van der Waals surface area contributed by atoms with E-state index in [1.165, 1.54) is 77.0 Å². The summed E-state index contributed by atoms with van der Waals surface area (Å²) < 4.78 is 207. The predicted molar refractivity (Wildman–Crippen MR) is 490 cm³/mol. The van der Waals surface area contributed by atoms with Gasteiger partial charge in [-0.05, 0) is 176 Å². The summed E-state index contributed by atoms with van der Waals surface area (Å²) in [6, 6.07) is 20.6. The molecule has 5 fully saturated rings. The monoisotopic (exact) mass is 2120 g/mol. The number of carbonyl (C=O) groups excluding carboxylic acids is 9. The zero-order valence-corrected chi connectivity index (χ0v) is 79.5. The molecule has 0 radical (unpaired) electrons. The fraction of sp³-hybridized carbons (Fsp3) is 0.311. The third-order valence-electron chi connectivity index (χ3n) is 22.4. The summed E-state index contributed by atoms with van der Waals surface area (Å²) in [7, 11) is 5.08. The van der Waals surface area contributed by atoms with Crippen molar-refractivity contribution in [3.8, 4) is 0 Å². The van der Waals surface area contributed by atoms with Gasteiger partial charge in [-0.1, -0.05) is 53.5 Å². The van der Waals surface area contributed by atoms with Gasteiger partial charge < -0.3 is 85.5 Å². The first kappa shape index (κ1) is 110. The number of hydrogen-bond acceptors (Lipinski definition) is 31. The third-order valence-corrected chi connectivity index (χ3v) is 23.2. The van der Waals surface area contributed by atoms with Crippen LogP contribution in [0.5, 0.6) is 0 Å². The van der Waals surface area contributed by atoms with Gasteiger partial charge in [0, 0.05) is 88.0 Å². The van der Waals surface area contributed by atoms with Gasteiger partial charge in [-0.25, -0.2) is 68.7 Å². The Morgan fingerprint density at radius 2 is 0.769 bits per heavy atom. The van der Waals surface area contributed by atoms with E-state index in [-0.39, 0.29) is 45.5 Å². The van der Waals surface area contributed by atoms with Crippen LogP contribution in [0.3, 0.4) is 0 Å². The molecule has 0 bridgehead atoms. The predicted octanol–water partition coefficient (Wildman–Crippen LogP) is 10.7. The van der Waals surface area contributed by atoms with Gasteiger partial charge in [0.25, 0.3) is 23.5 Å². The number of aromatic nitrogens is 18. The number of nitrogens with two attached hydrogens (primary N) is 4. The van der Waals surface area contributed by atoms with E-state index in [1.807, 2.05) is 30.3 Å². The molecule has 16 aromatic heterocycles. The Labute approximate surface area is 833 Å². The number of fused-ring (bicyclic) bond motifs is 7. The number of carbonyl (C=O) groups is 9. The summed E-state index contributed by atoms with van der Waals surface area (Å²) in [5.41, 5.74) is 12.1. The van der Waals surface area contributed by atoms with Crippen LogP contribution in [-0.4, -0.2) is 191 Å². The molecule has 42 nitrogen and oxygen atoms in total. The number of nitrogens with zero attached hydrogens (tertiary/aromatic N) is 18. The second-order valence-electron chi connectivity index (χ2n) is 32.4. The van der Waals surface area contributed by atoms with Crippen LogP contribution in [0.1, 0.15) is 195 Å². The minimum atomic E-state index is -3.94. The molecule has 57 heteroatoms. The van der Waals surface area contributed by atoms with Crippen molar-refractivity contribution in [1.82, 2.24) is 102 Å². The molecule has 16 aromatic rings. The average Bonchev–Trinajstić information content (AvgIpc) is 1.67. The number of Topliss-reactive ketones (excluding diaryl/α,β-unsaturated/α-hetero) is 1. The molecule has 21 rings (SSSR count). The Balaban J connectivity index is 0.000000156. The number of halogens is 15. The number of rotatable bonds is 24. The van der Waals surface area contributed by atoms with Crippen LogP contribution >= 0.6 is 34.8 Å². The van der Waals surface area contributed by atoms with Crippen LogP contribution < -0.4 is 39.3 Å². The van der Waals surface area contributed by atoms with E-state index in [0.717, 1.165) is 140 Å². The van der Waals surface area contributed by atoms with Crippen LogP contribution in [0.15, 0.2) is 169 Å². The molecule has 0 spiro atoms. The van der Waals surface area contributed by atoms with E-state index in [2.05, 4.69) is 103 Å². The Morgan fingerprint density at radius 3 is 1.10 bits per heavy atom. The number of nitrogens with one attached hydrogen (secondary N) is 3. The van der Waals surface area contributed by atoms with E-state index >= 15 is 8.78 Å². The molecule has 0 aliphatic heterocycles. The van der Waals surface area contributed by atoms with E-state index in [9.17, 15) is 87.1 Å². The fourth-order valence-corrected chi connectivity index (χ4v) is 14.4. The molecular weight excluding hydrogens is 2040 g/mol. The lowest BCUT2D eigenvalue weighted by Gasteiger charge is -2.12. The number of hydrogen-bond donors (Lipinski definition) is 8. The quantitative estimate of drug-likeness (QED) is 0.00407. The number of ether oxygens (including phenoxy) is 4. The van der Waals surface area contributed by atoms with Crippen LogP contribution in [0.2, 0.25) is 10.0 Å². The average molecular weight is 2120 g/mol. The number of aliphatic hydroxyl groups excluding tert-OH is 1. The Morgan fingerprint density at radius 1 is 0.435 bits per heavy atom. The van der Waals surface area contributed by atoms with Crippen LogP contribution in [0.4, 0.5) is 52.7 Å². The van der Waals surface area contributed by atoms with Gasteiger partial charge in [-0.3, -0.25) is 41.1 Å².